The van der Waals surface area contributed by atoms with E-state index in [1.54, 1.807) is 57.6 Å². The van der Waals surface area contributed by atoms with Crippen molar-refractivity contribution in [3.8, 4) is 11.5 Å². The van der Waals surface area contributed by atoms with Gasteiger partial charge in [-0.25, -0.2) is 4.79 Å². The van der Waals surface area contributed by atoms with Gasteiger partial charge in [0.05, 0.1) is 27.4 Å². The van der Waals surface area contributed by atoms with Gasteiger partial charge in [-0.2, -0.15) is 4.79 Å². The Labute approximate surface area is 210 Å². The third-order valence-electron chi connectivity index (χ3n) is 5.51. The third-order valence-corrected chi connectivity index (χ3v) is 5.51. The summed E-state index contributed by atoms with van der Waals surface area (Å²) in [7, 11) is 3.12. The van der Waals surface area contributed by atoms with Crippen LogP contribution in [0.4, 0.5) is 0 Å². The molecule has 0 aliphatic rings. The van der Waals surface area contributed by atoms with Gasteiger partial charge in [-0.3, -0.25) is 14.5 Å². The van der Waals surface area contributed by atoms with Crippen molar-refractivity contribution in [3.05, 3.63) is 77.8 Å². The van der Waals surface area contributed by atoms with E-state index < -0.39 is 23.5 Å². The summed E-state index contributed by atoms with van der Waals surface area (Å²) in [6.45, 7) is 5.33. The SMILES string of the molecule is C=CC(CCC(=O)N(Cc1ccccc1)C(=O)C(=[N+]=[N-])C(=O)OCC)Cc1ccc(OC)c(OC)c1. The highest BCUT2D eigenvalue weighted by Gasteiger charge is 2.38. The predicted molar refractivity (Wildman–Crippen MR) is 133 cm³/mol. The Bertz CT molecular complexity index is 1130. The number of imide groups is 1. The molecule has 0 radical (unpaired) electrons. The van der Waals surface area contributed by atoms with Crippen molar-refractivity contribution in [3.63, 3.8) is 0 Å². The Kier molecular flexibility index (Phi) is 11.1. The molecule has 2 aromatic rings. The molecule has 9 nitrogen and oxygen atoms in total. The van der Waals surface area contributed by atoms with Crippen LogP contribution < -0.4 is 9.47 Å². The molecule has 2 rings (SSSR count). The first kappa shape index (κ1) is 28.0. The van der Waals surface area contributed by atoms with Crippen LogP contribution in [0.5, 0.6) is 11.5 Å². The second-order valence-electron chi connectivity index (χ2n) is 7.87. The smallest absolute Gasteiger partial charge is 0.463 e. The van der Waals surface area contributed by atoms with Gasteiger partial charge < -0.3 is 19.7 Å². The maximum Gasteiger partial charge on any atom is 0.463 e. The highest BCUT2D eigenvalue weighted by molar-refractivity contribution is 6.62. The lowest BCUT2D eigenvalue weighted by molar-refractivity contribution is -0.148. The fourth-order valence-corrected chi connectivity index (χ4v) is 3.59. The largest absolute Gasteiger partial charge is 0.493 e. The Morgan fingerprint density at radius 1 is 1.06 bits per heavy atom. The van der Waals surface area contributed by atoms with Crippen molar-refractivity contribution in [1.82, 2.24) is 4.90 Å². The zero-order valence-corrected chi connectivity index (χ0v) is 20.8. The molecule has 2 amide bonds. The van der Waals surface area contributed by atoms with Crippen LogP contribution >= 0.6 is 0 Å². The number of hydrogen-bond donors (Lipinski definition) is 0. The number of nitrogens with zero attached hydrogens (tertiary/aromatic N) is 3. The Morgan fingerprint density at radius 3 is 2.33 bits per heavy atom. The maximum atomic E-state index is 13.2. The second-order valence-corrected chi connectivity index (χ2v) is 7.87. The fourth-order valence-electron chi connectivity index (χ4n) is 3.59. The van der Waals surface area contributed by atoms with Crippen molar-refractivity contribution >= 4 is 23.5 Å². The summed E-state index contributed by atoms with van der Waals surface area (Å²) in [4.78, 5) is 42.0. The molecular weight excluding hydrogens is 462 g/mol. The van der Waals surface area contributed by atoms with Crippen molar-refractivity contribution < 1.29 is 33.4 Å². The monoisotopic (exact) mass is 493 g/mol. The van der Waals surface area contributed by atoms with Gasteiger partial charge in [0.25, 0.3) is 0 Å². The Morgan fingerprint density at radius 2 is 1.75 bits per heavy atom. The first-order valence-electron chi connectivity index (χ1n) is 11.5. The van der Waals surface area contributed by atoms with Gasteiger partial charge in [-0.05, 0) is 48.9 Å². The zero-order chi connectivity index (χ0) is 26.5. The maximum absolute atomic E-state index is 13.2. The van der Waals surface area contributed by atoms with Crippen molar-refractivity contribution in [2.45, 2.75) is 32.7 Å². The Balaban J connectivity index is 2.19. The molecule has 190 valence electrons. The summed E-state index contributed by atoms with van der Waals surface area (Å²) in [5, 5.41) is 0. The molecule has 0 aliphatic carbocycles. The van der Waals surface area contributed by atoms with E-state index in [-0.39, 0.29) is 25.5 Å². The minimum absolute atomic E-state index is 0.00405. The van der Waals surface area contributed by atoms with Crippen LogP contribution in [0.25, 0.3) is 5.53 Å². The standard InChI is InChI=1S/C27H31N3O6/c1-5-19(16-21-12-14-22(34-3)23(17-21)35-4)13-15-24(31)30(18-20-10-8-7-9-11-20)26(32)25(29-28)27(33)36-6-2/h5,7-12,14,17,19H,1,6,13,15-16,18H2,2-4H3. The summed E-state index contributed by atoms with van der Waals surface area (Å²) in [6, 6.07) is 14.4. The lowest BCUT2D eigenvalue weighted by atomic mass is 9.94. The molecule has 2 aromatic carbocycles. The minimum atomic E-state index is -1.10. The average molecular weight is 494 g/mol. The highest BCUT2D eigenvalue weighted by Crippen LogP contribution is 2.29. The van der Waals surface area contributed by atoms with Gasteiger partial charge >= 0.3 is 17.6 Å². The number of allylic oxidation sites excluding steroid dienone is 1. The van der Waals surface area contributed by atoms with Crippen LogP contribution in [0.1, 0.15) is 30.9 Å². The molecular formula is C27H31N3O6. The highest BCUT2D eigenvalue weighted by atomic mass is 16.5. The number of carbonyl (C=O) groups excluding carboxylic acids is 3. The topological polar surface area (TPSA) is 119 Å². The van der Waals surface area contributed by atoms with Crippen LogP contribution in [0.15, 0.2) is 61.2 Å². The minimum Gasteiger partial charge on any atom is -0.493 e. The van der Waals surface area contributed by atoms with E-state index in [0.717, 1.165) is 10.5 Å². The van der Waals surface area contributed by atoms with E-state index in [4.69, 9.17) is 14.2 Å². The quantitative estimate of drug-likeness (QED) is 0.105. The number of carbonyl (C=O) groups is 3. The second kappa shape index (κ2) is 14.2. The molecule has 0 fully saturated rings. The molecule has 0 bridgehead atoms. The van der Waals surface area contributed by atoms with E-state index in [2.05, 4.69) is 11.4 Å². The van der Waals surface area contributed by atoms with Gasteiger partial charge in [-0.1, -0.05) is 42.5 Å². The Hall–Kier alpha value is -4.23. The number of benzene rings is 2. The molecule has 1 atom stereocenters. The van der Waals surface area contributed by atoms with Gasteiger partial charge in [0.2, 0.25) is 5.91 Å². The van der Waals surface area contributed by atoms with E-state index >= 15 is 0 Å². The van der Waals surface area contributed by atoms with Gasteiger partial charge in [0, 0.05) is 6.42 Å². The number of hydrogen-bond acceptors (Lipinski definition) is 6. The molecule has 0 aliphatic heterocycles. The molecule has 0 spiro atoms. The van der Waals surface area contributed by atoms with Crippen LogP contribution in [-0.2, 0) is 32.1 Å². The molecule has 0 heterocycles. The van der Waals surface area contributed by atoms with Crippen molar-refractivity contribution in [2.75, 3.05) is 20.8 Å². The summed E-state index contributed by atoms with van der Waals surface area (Å²) >= 11 is 0. The molecule has 0 aromatic heterocycles. The average Bonchev–Trinajstić information content (AvgIpc) is 2.90. The van der Waals surface area contributed by atoms with E-state index in [0.29, 0.717) is 29.9 Å². The molecule has 9 heteroatoms. The van der Waals surface area contributed by atoms with E-state index in [9.17, 15) is 19.9 Å². The summed E-state index contributed by atoms with van der Waals surface area (Å²) in [5.41, 5.74) is 10.1. The number of methoxy groups -OCH3 is 2. The molecule has 0 saturated carbocycles. The number of esters is 1. The number of rotatable bonds is 13. The summed E-state index contributed by atoms with van der Waals surface area (Å²) in [5.74, 6) is -1.51. The fraction of sp³-hybridized carbons (Fsp3) is 0.333. The molecule has 36 heavy (non-hydrogen) atoms. The summed E-state index contributed by atoms with van der Waals surface area (Å²) < 4.78 is 15.4. The molecule has 0 N–H and O–H groups in total. The van der Waals surface area contributed by atoms with Crippen molar-refractivity contribution in [1.29, 1.82) is 0 Å². The van der Waals surface area contributed by atoms with Crippen LogP contribution in [-0.4, -0.2) is 54.0 Å². The van der Waals surface area contributed by atoms with Crippen LogP contribution in [0.2, 0.25) is 0 Å². The number of ether oxygens (including phenoxy) is 3. The third kappa shape index (κ3) is 7.65. The molecule has 0 saturated heterocycles. The summed E-state index contributed by atoms with van der Waals surface area (Å²) in [6.07, 6.45) is 2.76. The van der Waals surface area contributed by atoms with Crippen molar-refractivity contribution in [2.24, 2.45) is 5.92 Å². The van der Waals surface area contributed by atoms with E-state index in [1.807, 2.05) is 18.2 Å². The predicted octanol–water partition coefficient (Wildman–Crippen LogP) is 3.62. The lowest BCUT2D eigenvalue weighted by Crippen LogP contribution is -2.44. The normalized spacial score (nSPS) is 11.0. The van der Waals surface area contributed by atoms with Crippen LogP contribution in [0.3, 0.4) is 0 Å². The first-order valence-corrected chi connectivity index (χ1v) is 11.5. The van der Waals surface area contributed by atoms with Gasteiger partial charge in [-0.15, -0.1) is 6.58 Å². The van der Waals surface area contributed by atoms with Gasteiger partial charge in [0.15, 0.2) is 11.5 Å². The first-order chi connectivity index (χ1) is 17.4. The lowest BCUT2D eigenvalue weighted by Gasteiger charge is -2.20. The molecule has 1 unspecified atom stereocenters. The van der Waals surface area contributed by atoms with E-state index in [1.165, 1.54) is 0 Å². The zero-order valence-electron chi connectivity index (χ0n) is 20.8. The van der Waals surface area contributed by atoms with Crippen LogP contribution in [0, 0.1) is 5.92 Å². The van der Waals surface area contributed by atoms with Gasteiger partial charge in [0.1, 0.15) is 0 Å². The number of amides is 2.